The molecule has 3 nitrogen and oxygen atoms in total. The van der Waals surface area contributed by atoms with Crippen molar-refractivity contribution in [2.45, 2.75) is 97.2 Å². The molecule has 1 amide bonds. The fourth-order valence-electron chi connectivity index (χ4n) is 3.24. The summed E-state index contributed by atoms with van der Waals surface area (Å²) in [4.78, 5) is 12.2. The molecule has 0 saturated heterocycles. The highest BCUT2D eigenvalue weighted by atomic mass is 16.2. The second-order valence-electron chi connectivity index (χ2n) is 6.45. The molecule has 0 bridgehead atoms. The van der Waals surface area contributed by atoms with E-state index in [0.29, 0.717) is 12.1 Å². The maximum absolute atomic E-state index is 12.2. The highest BCUT2D eigenvalue weighted by Gasteiger charge is 2.23. The van der Waals surface area contributed by atoms with E-state index in [-0.39, 0.29) is 11.9 Å². The van der Waals surface area contributed by atoms with E-state index in [0.717, 1.165) is 18.8 Å². The Morgan fingerprint density at radius 3 is 2.10 bits per heavy atom. The van der Waals surface area contributed by atoms with Crippen molar-refractivity contribution in [2.24, 2.45) is 5.92 Å². The first-order chi connectivity index (χ1) is 9.58. The number of hydrogen-bond acceptors (Lipinski definition) is 2. The number of carbonyl (C=O) groups is 1. The highest BCUT2D eigenvalue weighted by molar-refractivity contribution is 5.81. The van der Waals surface area contributed by atoms with Crippen LogP contribution in [-0.4, -0.2) is 24.0 Å². The van der Waals surface area contributed by atoms with Crippen molar-refractivity contribution in [2.75, 3.05) is 0 Å². The largest absolute Gasteiger partial charge is 0.352 e. The van der Waals surface area contributed by atoms with Gasteiger partial charge < -0.3 is 10.6 Å². The lowest BCUT2D eigenvalue weighted by molar-refractivity contribution is -0.123. The second kappa shape index (κ2) is 9.38. The van der Waals surface area contributed by atoms with Crippen molar-refractivity contribution in [1.82, 2.24) is 10.6 Å². The summed E-state index contributed by atoms with van der Waals surface area (Å²) >= 11 is 0. The summed E-state index contributed by atoms with van der Waals surface area (Å²) in [5.74, 6) is 0.889. The average molecular weight is 282 g/mol. The fourth-order valence-corrected chi connectivity index (χ4v) is 3.24. The number of hydrogen-bond donors (Lipinski definition) is 2. The predicted molar refractivity (Wildman–Crippen MR) is 85.8 cm³/mol. The van der Waals surface area contributed by atoms with E-state index in [1.165, 1.54) is 38.5 Å². The molecule has 1 unspecified atom stereocenters. The Morgan fingerprint density at radius 1 is 1.05 bits per heavy atom. The topological polar surface area (TPSA) is 41.1 Å². The van der Waals surface area contributed by atoms with Gasteiger partial charge in [-0.1, -0.05) is 39.5 Å². The third-order valence-corrected chi connectivity index (χ3v) is 4.85. The zero-order valence-corrected chi connectivity index (χ0v) is 13.9. The van der Waals surface area contributed by atoms with Crippen LogP contribution in [0.25, 0.3) is 0 Å². The van der Waals surface area contributed by atoms with Crippen LogP contribution in [-0.2, 0) is 4.79 Å². The molecule has 0 radical (unpaired) electrons. The first-order valence-electron chi connectivity index (χ1n) is 8.64. The molecule has 0 aromatic heterocycles. The number of carbonyl (C=O) groups excluding carboxylic acids is 1. The molecule has 0 aromatic rings. The van der Waals surface area contributed by atoms with Crippen LogP contribution in [0.5, 0.6) is 0 Å². The number of nitrogens with one attached hydrogen (secondary N) is 2. The molecule has 0 spiro atoms. The van der Waals surface area contributed by atoms with E-state index >= 15 is 0 Å². The first kappa shape index (κ1) is 17.5. The maximum atomic E-state index is 12.2. The Hall–Kier alpha value is -0.570. The van der Waals surface area contributed by atoms with Crippen LogP contribution in [0.3, 0.4) is 0 Å². The summed E-state index contributed by atoms with van der Waals surface area (Å²) in [5.41, 5.74) is 0. The molecule has 3 heteroatoms. The second-order valence-corrected chi connectivity index (χ2v) is 6.45. The van der Waals surface area contributed by atoms with Gasteiger partial charge in [-0.25, -0.2) is 0 Å². The molecule has 1 fully saturated rings. The van der Waals surface area contributed by atoms with Crippen LogP contribution < -0.4 is 10.6 Å². The van der Waals surface area contributed by atoms with Crippen LogP contribution in [0.15, 0.2) is 0 Å². The summed E-state index contributed by atoms with van der Waals surface area (Å²) in [7, 11) is 0. The Morgan fingerprint density at radius 2 is 1.60 bits per heavy atom. The van der Waals surface area contributed by atoms with Gasteiger partial charge in [0.15, 0.2) is 0 Å². The smallest absolute Gasteiger partial charge is 0.237 e. The van der Waals surface area contributed by atoms with E-state index in [4.69, 9.17) is 0 Å². The predicted octanol–water partition coefficient (Wildman–Crippen LogP) is 3.63. The van der Waals surface area contributed by atoms with Crippen LogP contribution in [0.4, 0.5) is 0 Å². The molecule has 0 aromatic carbocycles. The van der Waals surface area contributed by atoms with E-state index in [2.05, 4.69) is 31.4 Å². The summed E-state index contributed by atoms with van der Waals surface area (Å²) in [5, 5.41) is 6.65. The number of amides is 1. The molecule has 1 saturated carbocycles. The molecular weight excluding hydrogens is 248 g/mol. The molecule has 1 rings (SSSR count). The van der Waals surface area contributed by atoms with Gasteiger partial charge in [0.2, 0.25) is 5.91 Å². The molecule has 20 heavy (non-hydrogen) atoms. The van der Waals surface area contributed by atoms with Crippen molar-refractivity contribution >= 4 is 5.91 Å². The van der Waals surface area contributed by atoms with Crippen LogP contribution in [0.2, 0.25) is 0 Å². The van der Waals surface area contributed by atoms with E-state index < -0.39 is 0 Å². The van der Waals surface area contributed by atoms with Crippen LogP contribution in [0.1, 0.15) is 79.1 Å². The summed E-state index contributed by atoms with van der Waals surface area (Å²) < 4.78 is 0. The molecule has 118 valence electrons. The van der Waals surface area contributed by atoms with E-state index in [1.54, 1.807) is 0 Å². The summed E-state index contributed by atoms with van der Waals surface area (Å²) in [6.45, 7) is 8.49. The van der Waals surface area contributed by atoms with E-state index in [9.17, 15) is 4.79 Å². The Balaban J connectivity index is 2.39. The standard InChI is InChI=1S/C17H34N2O/c1-5-16(6-2)19-17(20)14(4)18-13(3)15-11-9-7-8-10-12-15/h13-16,18H,5-12H2,1-4H3,(H,19,20)/t13-,14?/m0/s1. The SMILES string of the molecule is CCC(CC)NC(=O)C(C)N[C@@H](C)C1CCCCCC1. The minimum Gasteiger partial charge on any atom is -0.352 e. The van der Waals surface area contributed by atoms with Crippen molar-refractivity contribution in [1.29, 1.82) is 0 Å². The van der Waals surface area contributed by atoms with Gasteiger partial charge in [0.25, 0.3) is 0 Å². The lowest BCUT2D eigenvalue weighted by Crippen LogP contribution is -2.50. The van der Waals surface area contributed by atoms with Crippen molar-refractivity contribution in [3.63, 3.8) is 0 Å². The average Bonchev–Trinajstić information content (AvgIpc) is 2.73. The quantitative estimate of drug-likeness (QED) is 0.700. The maximum Gasteiger partial charge on any atom is 0.237 e. The van der Waals surface area contributed by atoms with Gasteiger partial charge in [-0.3, -0.25) is 4.79 Å². The molecule has 2 N–H and O–H groups in total. The van der Waals surface area contributed by atoms with Crippen molar-refractivity contribution in [3.05, 3.63) is 0 Å². The molecule has 0 heterocycles. The van der Waals surface area contributed by atoms with Gasteiger partial charge in [-0.2, -0.15) is 0 Å². The zero-order chi connectivity index (χ0) is 15.0. The molecule has 0 aliphatic heterocycles. The van der Waals surface area contributed by atoms with E-state index in [1.807, 2.05) is 6.92 Å². The highest BCUT2D eigenvalue weighted by Crippen LogP contribution is 2.25. The molecule has 2 atom stereocenters. The Bertz CT molecular complexity index is 268. The fraction of sp³-hybridized carbons (Fsp3) is 0.941. The van der Waals surface area contributed by atoms with Gasteiger partial charge in [0.05, 0.1) is 6.04 Å². The Kier molecular flexibility index (Phi) is 8.20. The third-order valence-electron chi connectivity index (χ3n) is 4.85. The van der Waals surface area contributed by atoms with Gasteiger partial charge in [-0.15, -0.1) is 0 Å². The third kappa shape index (κ3) is 5.82. The van der Waals surface area contributed by atoms with Gasteiger partial charge in [0.1, 0.15) is 0 Å². The first-order valence-corrected chi connectivity index (χ1v) is 8.64. The minimum atomic E-state index is -0.0890. The summed E-state index contributed by atoms with van der Waals surface area (Å²) in [6, 6.07) is 0.671. The monoisotopic (exact) mass is 282 g/mol. The summed E-state index contributed by atoms with van der Waals surface area (Å²) in [6.07, 6.45) is 10.1. The van der Waals surface area contributed by atoms with Gasteiger partial charge in [-0.05, 0) is 45.4 Å². The Labute approximate surface area is 125 Å². The molecule has 1 aliphatic carbocycles. The van der Waals surface area contributed by atoms with Gasteiger partial charge in [0, 0.05) is 12.1 Å². The molecular formula is C17H34N2O. The lowest BCUT2D eigenvalue weighted by Gasteiger charge is -2.27. The van der Waals surface area contributed by atoms with Crippen LogP contribution >= 0.6 is 0 Å². The van der Waals surface area contributed by atoms with Gasteiger partial charge >= 0.3 is 0 Å². The van der Waals surface area contributed by atoms with Crippen molar-refractivity contribution < 1.29 is 4.79 Å². The minimum absolute atomic E-state index is 0.0890. The molecule has 1 aliphatic rings. The van der Waals surface area contributed by atoms with Crippen LogP contribution in [0, 0.1) is 5.92 Å². The van der Waals surface area contributed by atoms with Crippen molar-refractivity contribution in [3.8, 4) is 0 Å². The lowest BCUT2D eigenvalue weighted by atomic mass is 9.92. The number of rotatable bonds is 7. The zero-order valence-electron chi connectivity index (χ0n) is 13.9. The normalized spacial score (nSPS) is 20.4.